The van der Waals surface area contributed by atoms with Gasteiger partial charge in [-0.2, -0.15) is 0 Å². The normalized spacial score (nSPS) is 15.1. The molecule has 29 heavy (non-hydrogen) atoms. The summed E-state index contributed by atoms with van der Waals surface area (Å²) in [5.41, 5.74) is 13.4. The van der Waals surface area contributed by atoms with Crippen LogP contribution in [-0.4, -0.2) is 48.1 Å². The largest absolute Gasteiger partial charge is 0.399 e. The number of nitrogens with one attached hydrogen (secondary N) is 1. The van der Waals surface area contributed by atoms with Crippen LogP contribution in [0.4, 0.5) is 11.4 Å². The fourth-order valence-corrected chi connectivity index (χ4v) is 3.99. The molecule has 1 aliphatic rings. The van der Waals surface area contributed by atoms with Crippen molar-refractivity contribution >= 4 is 22.4 Å². The zero-order valence-corrected chi connectivity index (χ0v) is 16.6. The fourth-order valence-electron chi connectivity index (χ4n) is 3.99. The standard InChI is InChI=1S/C24H25N5/c1-28-10-12-29(13-11-28)21-8-4-17(5-9-21)19-14-22-23(16-27-24(22)26-15-19)18-2-6-20(25)7-3-18/h2-9,14-16H,10-13,25H2,1H3,(H,26,27). The van der Waals surface area contributed by atoms with Gasteiger partial charge in [-0.25, -0.2) is 4.98 Å². The average molecular weight is 383 g/mol. The van der Waals surface area contributed by atoms with Crippen LogP contribution in [0, 0.1) is 0 Å². The number of nitrogens with two attached hydrogens (primary N) is 1. The van der Waals surface area contributed by atoms with E-state index in [4.69, 9.17) is 5.73 Å². The van der Waals surface area contributed by atoms with Gasteiger partial charge in [0, 0.05) is 66.5 Å². The van der Waals surface area contributed by atoms with Gasteiger partial charge in [-0.15, -0.1) is 0 Å². The zero-order valence-electron chi connectivity index (χ0n) is 16.6. The third kappa shape index (κ3) is 3.45. The molecule has 2 aromatic heterocycles. The van der Waals surface area contributed by atoms with Crippen molar-refractivity contribution < 1.29 is 0 Å². The molecular formula is C24H25N5. The molecule has 5 rings (SSSR count). The Balaban J connectivity index is 1.46. The van der Waals surface area contributed by atoms with Gasteiger partial charge < -0.3 is 20.5 Å². The van der Waals surface area contributed by atoms with E-state index in [9.17, 15) is 0 Å². The first-order chi connectivity index (χ1) is 14.2. The van der Waals surface area contributed by atoms with E-state index in [0.29, 0.717) is 0 Å². The Morgan fingerprint density at radius 1 is 0.862 bits per heavy atom. The van der Waals surface area contributed by atoms with Crippen LogP contribution >= 0.6 is 0 Å². The molecule has 0 aliphatic carbocycles. The molecule has 1 saturated heterocycles. The molecule has 2 aromatic carbocycles. The Bertz CT molecular complexity index is 1120. The van der Waals surface area contributed by atoms with Crippen LogP contribution in [-0.2, 0) is 0 Å². The molecular weight excluding hydrogens is 358 g/mol. The van der Waals surface area contributed by atoms with E-state index in [1.165, 1.54) is 11.3 Å². The number of hydrogen-bond donors (Lipinski definition) is 2. The van der Waals surface area contributed by atoms with Gasteiger partial charge >= 0.3 is 0 Å². The van der Waals surface area contributed by atoms with Crippen molar-refractivity contribution in [1.29, 1.82) is 0 Å². The Morgan fingerprint density at radius 3 is 2.28 bits per heavy atom. The van der Waals surface area contributed by atoms with E-state index in [0.717, 1.165) is 59.6 Å². The summed E-state index contributed by atoms with van der Waals surface area (Å²) in [7, 11) is 2.18. The Morgan fingerprint density at radius 2 is 1.55 bits per heavy atom. The second kappa shape index (κ2) is 7.26. The number of fused-ring (bicyclic) bond motifs is 1. The minimum Gasteiger partial charge on any atom is -0.399 e. The number of rotatable bonds is 3. The first-order valence-electron chi connectivity index (χ1n) is 10.0. The number of H-pyrrole nitrogens is 1. The molecule has 5 nitrogen and oxygen atoms in total. The maximum Gasteiger partial charge on any atom is 0.137 e. The molecule has 4 aromatic rings. The molecule has 0 amide bonds. The first kappa shape index (κ1) is 17.8. The molecule has 0 saturated carbocycles. The molecule has 0 radical (unpaired) electrons. The lowest BCUT2D eigenvalue weighted by Gasteiger charge is -2.34. The molecule has 1 fully saturated rings. The molecule has 1 aliphatic heterocycles. The minimum absolute atomic E-state index is 0.771. The van der Waals surface area contributed by atoms with Crippen molar-refractivity contribution in [3.05, 3.63) is 67.0 Å². The summed E-state index contributed by atoms with van der Waals surface area (Å²) < 4.78 is 0. The summed E-state index contributed by atoms with van der Waals surface area (Å²) in [5, 5.41) is 1.12. The molecule has 5 heteroatoms. The van der Waals surface area contributed by atoms with E-state index in [2.05, 4.69) is 69.3 Å². The number of likely N-dealkylation sites (N-methyl/N-ethyl adjacent to an activating group) is 1. The van der Waals surface area contributed by atoms with Gasteiger partial charge in [-0.3, -0.25) is 0 Å². The predicted molar refractivity (Wildman–Crippen MR) is 121 cm³/mol. The number of piperazine rings is 1. The smallest absolute Gasteiger partial charge is 0.137 e. The quantitative estimate of drug-likeness (QED) is 0.520. The van der Waals surface area contributed by atoms with Crippen molar-refractivity contribution in [3.8, 4) is 22.3 Å². The van der Waals surface area contributed by atoms with Gasteiger partial charge in [0.2, 0.25) is 0 Å². The van der Waals surface area contributed by atoms with Crippen LogP contribution in [0.1, 0.15) is 0 Å². The number of anilines is 2. The molecule has 3 N–H and O–H groups in total. The van der Waals surface area contributed by atoms with Crippen molar-refractivity contribution in [2.45, 2.75) is 0 Å². The molecule has 146 valence electrons. The Hall–Kier alpha value is -3.31. The Labute approximate surface area is 170 Å². The van der Waals surface area contributed by atoms with Crippen molar-refractivity contribution in [1.82, 2.24) is 14.9 Å². The van der Waals surface area contributed by atoms with Crippen LogP contribution in [0.3, 0.4) is 0 Å². The summed E-state index contributed by atoms with van der Waals surface area (Å²) in [4.78, 5) is 12.8. The summed E-state index contributed by atoms with van der Waals surface area (Å²) >= 11 is 0. The molecule has 3 heterocycles. The highest BCUT2D eigenvalue weighted by atomic mass is 15.2. The predicted octanol–water partition coefficient (Wildman–Crippen LogP) is 4.23. The van der Waals surface area contributed by atoms with Gasteiger partial charge in [0.25, 0.3) is 0 Å². The first-order valence-corrected chi connectivity index (χ1v) is 10.0. The highest BCUT2D eigenvalue weighted by molar-refractivity contribution is 5.96. The number of pyridine rings is 1. The minimum atomic E-state index is 0.771. The van der Waals surface area contributed by atoms with Crippen LogP contribution in [0.15, 0.2) is 67.0 Å². The molecule has 0 atom stereocenters. The average Bonchev–Trinajstić information content (AvgIpc) is 3.18. The summed E-state index contributed by atoms with van der Waals surface area (Å²) in [6.07, 6.45) is 3.96. The van der Waals surface area contributed by atoms with Crippen LogP contribution in [0.25, 0.3) is 33.3 Å². The fraction of sp³-hybridized carbons (Fsp3) is 0.208. The van der Waals surface area contributed by atoms with Crippen LogP contribution in [0.2, 0.25) is 0 Å². The van der Waals surface area contributed by atoms with Crippen LogP contribution in [0.5, 0.6) is 0 Å². The maximum absolute atomic E-state index is 5.84. The van der Waals surface area contributed by atoms with E-state index in [1.54, 1.807) is 0 Å². The number of benzene rings is 2. The van der Waals surface area contributed by atoms with E-state index in [1.807, 2.05) is 24.5 Å². The summed E-state index contributed by atoms with van der Waals surface area (Å²) in [6, 6.07) is 19.0. The SMILES string of the molecule is CN1CCN(c2ccc(-c3cnc4[nH]cc(-c5ccc(N)cc5)c4c3)cc2)CC1. The molecule has 0 unspecified atom stereocenters. The number of nitrogen functional groups attached to an aromatic ring is 1. The number of aromatic nitrogens is 2. The van der Waals surface area contributed by atoms with Gasteiger partial charge in [-0.1, -0.05) is 24.3 Å². The summed E-state index contributed by atoms with van der Waals surface area (Å²) in [6.45, 7) is 4.39. The van der Waals surface area contributed by atoms with Crippen molar-refractivity contribution in [3.63, 3.8) is 0 Å². The van der Waals surface area contributed by atoms with Gasteiger partial charge in [0.05, 0.1) is 0 Å². The molecule has 0 spiro atoms. The third-order valence-electron chi connectivity index (χ3n) is 5.82. The van der Waals surface area contributed by atoms with Gasteiger partial charge in [0.15, 0.2) is 0 Å². The van der Waals surface area contributed by atoms with E-state index < -0.39 is 0 Å². The van der Waals surface area contributed by atoms with Gasteiger partial charge in [0.1, 0.15) is 5.65 Å². The van der Waals surface area contributed by atoms with Crippen molar-refractivity contribution in [2.24, 2.45) is 0 Å². The maximum atomic E-state index is 5.84. The third-order valence-corrected chi connectivity index (χ3v) is 5.82. The highest BCUT2D eigenvalue weighted by Gasteiger charge is 2.14. The second-order valence-corrected chi connectivity index (χ2v) is 7.78. The zero-order chi connectivity index (χ0) is 19.8. The summed E-state index contributed by atoms with van der Waals surface area (Å²) in [5.74, 6) is 0. The second-order valence-electron chi connectivity index (χ2n) is 7.78. The van der Waals surface area contributed by atoms with Gasteiger partial charge in [-0.05, 0) is 48.5 Å². The lowest BCUT2D eigenvalue weighted by atomic mass is 10.0. The van der Waals surface area contributed by atoms with E-state index in [-0.39, 0.29) is 0 Å². The number of aromatic amines is 1. The monoisotopic (exact) mass is 383 g/mol. The lowest BCUT2D eigenvalue weighted by Crippen LogP contribution is -2.44. The molecule has 0 bridgehead atoms. The van der Waals surface area contributed by atoms with E-state index >= 15 is 0 Å². The van der Waals surface area contributed by atoms with Crippen molar-refractivity contribution in [2.75, 3.05) is 43.9 Å². The lowest BCUT2D eigenvalue weighted by molar-refractivity contribution is 0.313. The Kier molecular flexibility index (Phi) is 4.45. The topological polar surface area (TPSA) is 61.2 Å². The number of nitrogens with zero attached hydrogens (tertiary/aromatic N) is 3. The van der Waals surface area contributed by atoms with Crippen LogP contribution < -0.4 is 10.6 Å². The highest BCUT2D eigenvalue weighted by Crippen LogP contribution is 2.32. The number of hydrogen-bond acceptors (Lipinski definition) is 4.